The molecule has 2 N–H and O–H groups in total. The highest BCUT2D eigenvalue weighted by Gasteiger charge is 2.45. The van der Waals surface area contributed by atoms with Gasteiger partial charge < -0.3 is 15.1 Å². The summed E-state index contributed by atoms with van der Waals surface area (Å²) in [5.74, 6) is -1.31. The number of carbonyl (C=O) groups is 3. The molecule has 1 aliphatic heterocycles. The van der Waals surface area contributed by atoms with Crippen molar-refractivity contribution in [3.05, 3.63) is 143 Å². The average molecular weight is 787 g/mol. The lowest BCUT2D eigenvalue weighted by atomic mass is 9.67. The zero-order valence-corrected chi connectivity index (χ0v) is 34.2. The Bertz CT molecular complexity index is 2230. The number of aryl methyl sites for hydroxylation is 1. The lowest BCUT2D eigenvalue weighted by Gasteiger charge is -2.43. The molecule has 10 heteroatoms. The van der Waals surface area contributed by atoms with Crippen molar-refractivity contribution in [3.63, 3.8) is 0 Å². The monoisotopic (exact) mass is 786 g/mol. The number of benzene rings is 5. The number of piperidine rings is 1. The Balaban J connectivity index is 1.06. The maximum absolute atomic E-state index is 14.4. The first-order chi connectivity index (χ1) is 27.5. The van der Waals surface area contributed by atoms with Crippen molar-refractivity contribution in [2.24, 2.45) is 11.8 Å². The van der Waals surface area contributed by atoms with Gasteiger partial charge in [-0.2, -0.15) is 0 Å². The molecule has 9 nitrogen and oxygen atoms in total. The van der Waals surface area contributed by atoms with Crippen LogP contribution in [0.25, 0.3) is 10.8 Å². The summed E-state index contributed by atoms with van der Waals surface area (Å²) in [4.78, 5) is 46.0. The molecule has 0 radical (unpaired) electrons. The smallest absolute Gasteiger partial charge is 0.241 e. The molecule has 2 atom stereocenters. The van der Waals surface area contributed by atoms with Crippen LogP contribution in [0.15, 0.2) is 120 Å². The Morgan fingerprint density at radius 1 is 0.684 bits per heavy atom. The Labute approximate surface area is 337 Å². The molecular weight excluding hydrogens is 733 g/mol. The highest BCUT2D eigenvalue weighted by Crippen LogP contribution is 2.42. The Hall–Kier alpha value is -5.16. The summed E-state index contributed by atoms with van der Waals surface area (Å²) in [5, 5.41) is 4.59. The van der Waals surface area contributed by atoms with E-state index in [0.29, 0.717) is 68.4 Å². The number of nitrogens with zero attached hydrogens (tertiary/aromatic N) is 2. The van der Waals surface area contributed by atoms with E-state index in [1.807, 2.05) is 110 Å². The fraction of sp³-hybridized carbons (Fsp3) is 0.340. The van der Waals surface area contributed by atoms with Crippen molar-refractivity contribution < 1.29 is 22.8 Å². The van der Waals surface area contributed by atoms with Gasteiger partial charge in [0, 0.05) is 98.6 Å². The summed E-state index contributed by atoms with van der Waals surface area (Å²) < 4.78 is 29.3. The summed E-state index contributed by atoms with van der Waals surface area (Å²) >= 11 is 0. The van der Waals surface area contributed by atoms with E-state index in [1.165, 1.54) is 0 Å². The van der Waals surface area contributed by atoms with Gasteiger partial charge in [0.25, 0.3) is 0 Å². The number of sulfonamides is 1. The Morgan fingerprint density at radius 2 is 1.28 bits per heavy atom. The second-order valence-electron chi connectivity index (χ2n) is 15.3. The van der Waals surface area contributed by atoms with Gasteiger partial charge in [0.05, 0.1) is 4.90 Å². The molecule has 5 aromatic rings. The third-order valence-corrected chi connectivity index (χ3v) is 12.8. The van der Waals surface area contributed by atoms with E-state index in [-0.39, 0.29) is 34.8 Å². The molecule has 1 heterocycles. The fourth-order valence-corrected chi connectivity index (χ4v) is 9.51. The fourth-order valence-electron chi connectivity index (χ4n) is 8.22. The second-order valence-corrected chi connectivity index (χ2v) is 17.1. The first-order valence-electron chi connectivity index (χ1n) is 19.9. The molecule has 1 saturated heterocycles. The number of Topliss-reactive ketones (excluding diaryl/α,β-unsaturated/α-hetero) is 2. The highest BCUT2D eigenvalue weighted by atomic mass is 32.2. The minimum Gasteiger partial charge on any atom is -0.377 e. The molecule has 0 spiro atoms. The first-order valence-corrected chi connectivity index (χ1v) is 21.4. The van der Waals surface area contributed by atoms with E-state index >= 15 is 0 Å². The molecule has 0 aromatic heterocycles. The van der Waals surface area contributed by atoms with Gasteiger partial charge in [-0.15, -0.1) is 0 Å². The number of anilines is 1. The van der Waals surface area contributed by atoms with Crippen molar-refractivity contribution in [3.8, 4) is 0 Å². The minimum atomic E-state index is -3.72. The van der Waals surface area contributed by atoms with Crippen LogP contribution in [-0.4, -0.2) is 77.6 Å². The Kier molecular flexibility index (Phi) is 13.7. The maximum Gasteiger partial charge on any atom is 0.241 e. The molecule has 2 unspecified atom stereocenters. The third kappa shape index (κ3) is 9.87. The van der Waals surface area contributed by atoms with Crippen molar-refractivity contribution >= 4 is 44.0 Å². The van der Waals surface area contributed by atoms with E-state index < -0.39 is 21.9 Å². The zero-order chi connectivity index (χ0) is 40.5. The minimum absolute atomic E-state index is 0.0129. The van der Waals surface area contributed by atoms with E-state index in [1.54, 1.807) is 12.1 Å². The van der Waals surface area contributed by atoms with Crippen LogP contribution < -0.4 is 14.9 Å². The molecule has 1 aliphatic rings. The second kappa shape index (κ2) is 18.9. The van der Waals surface area contributed by atoms with Crippen LogP contribution in [0, 0.1) is 25.7 Å². The molecule has 0 aliphatic carbocycles. The number of likely N-dealkylation sites (tertiary alicyclic amines) is 1. The number of hydrogen-bond acceptors (Lipinski definition) is 7. The standard InChI is InChI=1S/C47H54N4O5S/c1-33-17-14-22-37(34(33)2)45-40(46(53)35-18-8-5-9-19-35)31-51(32-41(45)47(54)36-20-10-6-11-21-36)30-29-48-44(52)27-12-7-13-28-49-57(55,56)43-26-16-23-38-39(43)24-15-25-42(38)50(3)4/h5-6,8-11,14-26,40-41,45,49H,7,12-13,27-32H2,1-4H3,(H,48,52). The van der Waals surface area contributed by atoms with Crippen molar-refractivity contribution in [2.75, 3.05) is 51.7 Å². The quantitative estimate of drug-likeness (QED) is 0.0738. The first kappa shape index (κ1) is 41.5. The number of ketones is 2. The van der Waals surface area contributed by atoms with Crippen LogP contribution in [-0.2, 0) is 14.8 Å². The molecule has 5 aromatic carbocycles. The van der Waals surface area contributed by atoms with E-state index in [9.17, 15) is 22.8 Å². The summed E-state index contributed by atoms with van der Waals surface area (Å²) in [6.45, 7) is 6.22. The van der Waals surface area contributed by atoms with Crippen LogP contribution >= 0.6 is 0 Å². The van der Waals surface area contributed by atoms with Crippen LogP contribution in [0.5, 0.6) is 0 Å². The number of hydrogen-bond donors (Lipinski definition) is 2. The van der Waals surface area contributed by atoms with Gasteiger partial charge in [0.2, 0.25) is 15.9 Å². The van der Waals surface area contributed by atoms with E-state index in [4.69, 9.17) is 0 Å². The predicted molar refractivity (Wildman–Crippen MR) is 229 cm³/mol. The maximum atomic E-state index is 14.4. The molecule has 298 valence electrons. The topological polar surface area (TPSA) is 116 Å². The molecule has 1 fully saturated rings. The van der Waals surface area contributed by atoms with Gasteiger partial charge >= 0.3 is 0 Å². The Morgan fingerprint density at radius 3 is 1.91 bits per heavy atom. The van der Waals surface area contributed by atoms with Gasteiger partial charge in [0.1, 0.15) is 0 Å². The molecule has 0 saturated carbocycles. The van der Waals surface area contributed by atoms with Gasteiger partial charge in [0.15, 0.2) is 11.6 Å². The lowest BCUT2D eigenvalue weighted by molar-refractivity contribution is -0.121. The van der Waals surface area contributed by atoms with Gasteiger partial charge in [-0.1, -0.05) is 110 Å². The molecule has 6 rings (SSSR count). The highest BCUT2D eigenvalue weighted by molar-refractivity contribution is 7.89. The van der Waals surface area contributed by atoms with Crippen molar-refractivity contribution in [1.29, 1.82) is 0 Å². The molecular formula is C47H54N4O5S. The summed E-state index contributed by atoms with van der Waals surface area (Å²) in [6, 6.07) is 35.8. The summed E-state index contributed by atoms with van der Waals surface area (Å²) in [7, 11) is 0.141. The molecule has 1 amide bonds. The van der Waals surface area contributed by atoms with Gasteiger partial charge in [-0.3, -0.25) is 14.4 Å². The van der Waals surface area contributed by atoms with Gasteiger partial charge in [-0.05, 0) is 55.5 Å². The van der Waals surface area contributed by atoms with Crippen molar-refractivity contribution in [2.45, 2.75) is 50.3 Å². The van der Waals surface area contributed by atoms with Crippen LogP contribution in [0.2, 0.25) is 0 Å². The third-order valence-electron chi connectivity index (χ3n) is 11.3. The van der Waals surface area contributed by atoms with Crippen LogP contribution in [0.4, 0.5) is 5.69 Å². The zero-order valence-electron chi connectivity index (χ0n) is 33.4. The number of unbranched alkanes of at least 4 members (excludes halogenated alkanes) is 2. The number of rotatable bonds is 17. The van der Waals surface area contributed by atoms with Crippen molar-refractivity contribution in [1.82, 2.24) is 14.9 Å². The number of fused-ring (bicyclic) bond motifs is 1. The number of amides is 1. The van der Waals surface area contributed by atoms with Crippen LogP contribution in [0.3, 0.4) is 0 Å². The normalized spacial score (nSPS) is 17.3. The van der Waals surface area contributed by atoms with Gasteiger partial charge in [-0.25, -0.2) is 13.1 Å². The van der Waals surface area contributed by atoms with E-state index in [2.05, 4.69) is 40.9 Å². The van der Waals surface area contributed by atoms with Crippen LogP contribution in [0.1, 0.15) is 69.0 Å². The average Bonchev–Trinajstić information content (AvgIpc) is 3.22. The largest absolute Gasteiger partial charge is 0.377 e. The summed E-state index contributed by atoms with van der Waals surface area (Å²) in [5.41, 5.74) is 5.45. The number of nitrogens with one attached hydrogen (secondary N) is 2. The SMILES string of the molecule is Cc1cccc(C2C(C(=O)c3ccccc3)CN(CCNC(=O)CCCCCNS(=O)(=O)c3cccc4c(N(C)C)cccc34)CC2C(=O)c2ccccc2)c1C. The van der Waals surface area contributed by atoms with E-state index in [0.717, 1.165) is 27.8 Å². The summed E-state index contributed by atoms with van der Waals surface area (Å²) in [6.07, 6.45) is 2.23. The molecule has 0 bridgehead atoms. The molecule has 57 heavy (non-hydrogen) atoms. The lowest BCUT2D eigenvalue weighted by Crippen LogP contribution is -2.52. The number of carbonyl (C=O) groups excluding carboxylic acids is 3. The predicted octanol–water partition coefficient (Wildman–Crippen LogP) is 7.58.